The van der Waals surface area contributed by atoms with Crippen LogP contribution in [-0.2, 0) is 20.7 Å². The van der Waals surface area contributed by atoms with Crippen LogP contribution in [0.15, 0.2) is 42.5 Å². The first-order valence-corrected chi connectivity index (χ1v) is 10.9. The van der Waals surface area contributed by atoms with E-state index < -0.39 is 5.92 Å². The molecule has 2 aromatic rings. The maximum absolute atomic E-state index is 13.6. The van der Waals surface area contributed by atoms with Gasteiger partial charge in [-0.15, -0.1) is 0 Å². The molecule has 1 aliphatic heterocycles. The summed E-state index contributed by atoms with van der Waals surface area (Å²) in [5.41, 5.74) is 1.59. The summed E-state index contributed by atoms with van der Waals surface area (Å²) in [7, 11) is 4.64. The minimum Gasteiger partial charge on any atom is -0.493 e. The Labute approximate surface area is 189 Å². The number of hydrogen-bond acceptors (Lipinski definition) is 5. The van der Waals surface area contributed by atoms with Gasteiger partial charge in [-0.1, -0.05) is 39.0 Å². The normalized spacial score (nSPS) is 21.8. The van der Waals surface area contributed by atoms with E-state index in [-0.39, 0.29) is 35.1 Å². The van der Waals surface area contributed by atoms with Crippen molar-refractivity contribution in [3.05, 3.63) is 59.4 Å². The average molecular weight is 445 g/mol. The van der Waals surface area contributed by atoms with Crippen LogP contribution in [0.5, 0.6) is 11.5 Å². The number of rotatable bonds is 7. The van der Waals surface area contributed by atoms with Crippen LogP contribution in [0.2, 0.25) is 0 Å². The Morgan fingerprint density at radius 2 is 1.72 bits per heavy atom. The van der Waals surface area contributed by atoms with Crippen LogP contribution >= 0.6 is 0 Å². The first-order chi connectivity index (χ1) is 15.2. The summed E-state index contributed by atoms with van der Waals surface area (Å²) in [5, 5.41) is 0. The van der Waals surface area contributed by atoms with E-state index in [1.54, 1.807) is 26.4 Å². The molecule has 5 nitrogen and oxygen atoms in total. The second-order valence-corrected chi connectivity index (χ2v) is 9.40. The van der Waals surface area contributed by atoms with E-state index >= 15 is 0 Å². The molecule has 0 radical (unpaired) electrons. The van der Waals surface area contributed by atoms with Crippen LogP contribution in [0.4, 0.5) is 4.39 Å². The SMILES string of the molecule is COC(=O)C([C@H]1[C@@H](Cc2ccc(OC)c(OC)c2)CO[C@@H]1c1ccc(F)cc1)C(C)(C)C. The van der Waals surface area contributed by atoms with Crippen LogP contribution < -0.4 is 9.47 Å². The minimum atomic E-state index is -0.393. The van der Waals surface area contributed by atoms with Crippen molar-refractivity contribution in [2.45, 2.75) is 33.3 Å². The number of carbonyl (C=O) groups excluding carboxylic acids is 1. The lowest BCUT2D eigenvalue weighted by molar-refractivity contribution is -0.154. The fraction of sp³-hybridized carbons (Fsp3) is 0.500. The van der Waals surface area contributed by atoms with Gasteiger partial charge in [0.25, 0.3) is 0 Å². The van der Waals surface area contributed by atoms with Crippen LogP contribution in [0.3, 0.4) is 0 Å². The molecule has 1 unspecified atom stereocenters. The van der Waals surface area contributed by atoms with E-state index in [0.29, 0.717) is 24.5 Å². The van der Waals surface area contributed by atoms with E-state index in [1.807, 2.05) is 39.0 Å². The van der Waals surface area contributed by atoms with Crippen molar-refractivity contribution >= 4 is 5.97 Å². The molecule has 0 aliphatic carbocycles. The zero-order chi connectivity index (χ0) is 23.5. The summed E-state index contributed by atoms with van der Waals surface area (Å²) in [5.74, 6) is 0.309. The number of benzene rings is 2. The van der Waals surface area contributed by atoms with E-state index in [2.05, 4.69) is 0 Å². The van der Waals surface area contributed by atoms with Crippen LogP contribution in [0, 0.1) is 29.0 Å². The fourth-order valence-corrected chi connectivity index (χ4v) is 4.83. The van der Waals surface area contributed by atoms with Crippen molar-refractivity contribution in [3.8, 4) is 11.5 Å². The Morgan fingerprint density at radius 1 is 1.06 bits per heavy atom. The van der Waals surface area contributed by atoms with Gasteiger partial charge in [0.1, 0.15) is 5.82 Å². The van der Waals surface area contributed by atoms with Gasteiger partial charge in [-0.2, -0.15) is 0 Å². The van der Waals surface area contributed by atoms with Crippen LogP contribution in [0.25, 0.3) is 0 Å². The Bertz CT molecular complexity index is 919. The number of ether oxygens (including phenoxy) is 4. The highest BCUT2D eigenvalue weighted by molar-refractivity contribution is 5.74. The van der Waals surface area contributed by atoms with Crippen molar-refractivity contribution in [3.63, 3.8) is 0 Å². The molecule has 1 saturated heterocycles. The fourth-order valence-electron chi connectivity index (χ4n) is 4.83. The van der Waals surface area contributed by atoms with Gasteiger partial charge in [0.05, 0.1) is 40.0 Å². The maximum Gasteiger partial charge on any atom is 0.309 e. The molecule has 0 aromatic heterocycles. The molecular formula is C26H33FO5. The van der Waals surface area contributed by atoms with Crippen molar-refractivity contribution in [2.75, 3.05) is 27.9 Å². The Morgan fingerprint density at radius 3 is 2.28 bits per heavy atom. The molecule has 4 atom stereocenters. The molecular weight excluding hydrogens is 411 g/mol. The Balaban J connectivity index is 2.00. The molecule has 1 heterocycles. The second kappa shape index (κ2) is 9.90. The van der Waals surface area contributed by atoms with Gasteiger partial charge in [-0.25, -0.2) is 4.39 Å². The average Bonchev–Trinajstić information content (AvgIpc) is 3.15. The second-order valence-electron chi connectivity index (χ2n) is 9.40. The molecule has 0 N–H and O–H groups in total. The van der Waals surface area contributed by atoms with Gasteiger partial charge in [0, 0.05) is 5.92 Å². The lowest BCUT2D eigenvalue weighted by atomic mass is 9.66. The molecule has 1 fully saturated rings. The van der Waals surface area contributed by atoms with E-state index in [1.165, 1.54) is 19.2 Å². The van der Waals surface area contributed by atoms with E-state index in [9.17, 15) is 9.18 Å². The molecule has 174 valence electrons. The summed E-state index contributed by atoms with van der Waals surface area (Å²) >= 11 is 0. The van der Waals surface area contributed by atoms with Crippen LogP contribution in [-0.4, -0.2) is 33.9 Å². The lowest BCUT2D eigenvalue weighted by Crippen LogP contribution is -2.40. The standard InChI is InChI=1S/C26H33FO5/c1-26(2,3)23(25(28)31-6)22-18(13-16-7-12-20(29-4)21(14-16)30-5)15-32-24(22)17-8-10-19(27)11-9-17/h7-12,14,18,22-24H,13,15H2,1-6H3/t18-,22+,23?,24+/m0/s1. The summed E-state index contributed by atoms with van der Waals surface area (Å²) in [6.07, 6.45) is 0.371. The third-order valence-electron chi connectivity index (χ3n) is 6.30. The van der Waals surface area contributed by atoms with E-state index in [0.717, 1.165) is 11.1 Å². The summed E-state index contributed by atoms with van der Waals surface area (Å²) in [6, 6.07) is 12.2. The summed E-state index contributed by atoms with van der Waals surface area (Å²) < 4.78 is 35.9. The summed E-state index contributed by atoms with van der Waals surface area (Å²) in [4.78, 5) is 13.0. The van der Waals surface area contributed by atoms with Crippen LogP contribution in [0.1, 0.15) is 38.0 Å². The number of halogens is 1. The van der Waals surface area contributed by atoms with E-state index in [4.69, 9.17) is 18.9 Å². The molecule has 1 aliphatic rings. The Hall–Kier alpha value is -2.60. The number of carbonyl (C=O) groups is 1. The largest absolute Gasteiger partial charge is 0.493 e. The number of hydrogen-bond donors (Lipinski definition) is 0. The zero-order valence-electron chi connectivity index (χ0n) is 19.7. The first-order valence-electron chi connectivity index (χ1n) is 10.9. The van der Waals surface area contributed by atoms with Crippen molar-refractivity contribution in [2.24, 2.45) is 23.2 Å². The third kappa shape index (κ3) is 5.07. The Kier molecular flexibility index (Phi) is 7.44. The topological polar surface area (TPSA) is 54.0 Å². The third-order valence-corrected chi connectivity index (χ3v) is 6.30. The molecule has 0 bridgehead atoms. The van der Waals surface area contributed by atoms with Crippen molar-refractivity contribution < 1.29 is 28.1 Å². The highest BCUT2D eigenvalue weighted by Gasteiger charge is 2.50. The smallest absolute Gasteiger partial charge is 0.309 e. The highest BCUT2D eigenvalue weighted by Crippen LogP contribution is 2.50. The molecule has 0 amide bonds. The number of esters is 1. The molecule has 0 saturated carbocycles. The van der Waals surface area contributed by atoms with Gasteiger partial charge in [-0.05, 0) is 53.1 Å². The zero-order valence-corrected chi connectivity index (χ0v) is 19.7. The van der Waals surface area contributed by atoms with Gasteiger partial charge in [-0.3, -0.25) is 4.79 Å². The van der Waals surface area contributed by atoms with Gasteiger partial charge in [0.2, 0.25) is 0 Å². The van der Waals surface area contributed by atoms with Gasteiger partial charge >= 0.3 is 5.97 Å². The maximum atomic E-state index is 13.6. The number of methoxy groups -OCH3 is 3. The predicted octanol–water partition coefficient (Wildman–Crippen LogP) is 5.22. The lowest BCUT2D eigenvalue weighted by Gasteiger charge is -2.38. The first kappa shape index (κ1) is 24.1. The van der Waals surface area contributed by atoms with Crippen molar-refractivity contribution in [1.82, 2.24) is 0 Å². The minimum absolute atomic E-state index is 0.0616. The molecule has 0 spiro atoms. The summed E-state index contributed by atoms with van der Waals surface area (Å²) in [6.45, 7) is 6.62. The molecule has 2 aromatic carbocycles. The van der Waals surface area contributed by atoms with Gasteiger partial charge in [0.15, 0.2) is 11.5 Å². The van der Waals surface area contributed by atoms with Gasteiger partial charge < -0.3 is 18.9 Å². The molecule has 32 heavy (non-hydrogen) atoms. The predicted molar refractivity (Wildman–Crippen MR) is 120 cm³/mol. The quantitative estimate of drug-likeness (QED) is 0.548. The van der Waals surface area contributed by atoms with Crippen molar-refractivity contribution in [1.29, 1.82) is 0 Å². The molecule has 6 heteroatoms. The highest BCUT2D eigenvalue weighted by atomic mass is 19.1. The molecule has 3 rings (SSSR count). The monoisotopic (exact) mass is 444 g/mol.